The van der Waals surface area contributed by atoms with Gasteiger partial charge in [0.25, 0.3) is 0 Å². The van der Waals surface area contributed by atoms with Gasteiger partial charge >= 0.3 is 0 Å². The van der Waals surface area contributed by atoms with E-state index in [2.05, 4.69) is 20.2 Å². The number of carbonyl (C=O) groups excluding carboxylic acids is 1. The van der Waals surface area contributed by atoms with Crippen molar-refractivity contribution < 1.29 is 4.79 Å². The lowest BCUT2D eigenvalue weighted by molar-refractivity contribution is -0.117. The molecule has 1 saturated heterocycles. The first-order valence-corrected chi connectivity index (χ1v) is 8.00. The first kappa shape index (κ1) is 13.6. The second-order valence-electron chi connectivity index (χ2n) is 6.37. The van der Waals surface area contributed by atoms with Crippen molar-refractivity contribution in [3.63, 3.8) is 0 Å². The predicted molar refractivity (Wildman–Crippen MR) is 86.9 cm³/mol. The van der Waals surface area contributed by atoms with Gasteiger partial charge in [0.2, 0.25) is 5.91 Å². The van der Waals surface area contributed by atoms with Gasteiger partial charge in [-0.25, -0.2) is 4.98 Å². The number of aromatic nitrogens is 2. The van der Waals surface area contributed by atoms with E-state index >= 15 is 0 Å². The summed E-state index contributed by atoms with van der Waals surface area (Å²) in [6.07, 6.45) is 7.81. The van der Waals surface area contributed by atoms with E-state index in [-0.39, 0.29) is 17.9 Å². The van der Waals surface area contributed by atoms with E-state index in [4.69, 9.17) is 5.73 Å². The summed E-state index contributed by atoms with van der Waals surface area (Å²) in [7, 11) is 0. The maximum Gasteiger partial charge on any atom is 0.227 e. The molecule has 4 rings (SSSR count). The number of H-pyrrole nitrogens is 1. The van der Waals surface area contributed by atoms with Crippen molar-refractivity contribution in [3.05, 3.63) is 18.5 Å². The zero-order valence-corrected chi connectivity index (χ0v) is 12.5. The number of rotatable bonds is 3. The largest absolute Gasteiger partial charge is 0.369 e. The highest BCUT2D eigenvalue weighted by molar-refractivity contribution is 6.07. The molecule has 1 atom stereocenters. The highest BCUT2D eigenvalue weighted by Gasteiger charge is 2.30. The van der Waals surface area contributed by atoms with Gasteiger partial charge in [-0.2, -0.15) is 0 Å². The molecule has 3 heterocycles. The lowest BCUT2D eigenvalue weighted by Crippen LogP contribution is -2.42. The summed E-state index contributed by atoms with van der Waals surface area (Å²) in [5, 5.41) is 4.04. The van der Waals surface area contributed by atoms with Crippen molar-refractivity contribution in [3.8, 4) is 0 Å². The van der Waals surface area contributed by atoms with E-state index < -0.39 is 0 Å². The number of nitrogens with two attached hydrogens (primary N) is 1. The van der Waals surface area contributed by atoms with Crippen molar-refractivity contribution in [2.75, 3.05) is 23.3 Å². The zero-order valence-electron chi connectivity index (χ0n) is 12.5. The van der Waals surface area contributed by atoms with Crippen LogP contribution in [-0.2, 0) is 4.79 Å². The lowest BCUT2D eigenvalue weighted by atomic mass is 10.1. The van der Waals surface area contributed by atoms with Crippen LogP contribution in [0.3, 0.4) is 0 Å². The van der Waals surface area contributed by atoms with Crippen LogP contribution in [-0.4, -0.2) is 35.0 Å². The number of fused-ring (bicyclic) bond motifs is 1. The zero-order chi connectivity index (χ0) is 15.1. The first-order valence-electron chi connectivity index (χ1n) is 8.00. The van der Waals surface area contributed by atoms with Gasteiger partial charge in [-0.3, -0.25) is 4.79 Å². The molecule has 0 unspecified atom stereocenters. The van der Waals surface area contributed by atoms with Crippen LogP contribution in [0, 0.1) is 5.92 Å². The second-order valence-corrected chi connectivity index (χ2v) is 6.37. The molecule has 0 radical (unpaired) electrons. The molecular formula is C16H21N5O. The molecule has 1 amide bonds. The first-order chi connectivity index (χ1) is 10.7. The Bertz CT molecular complexity index is 706. The topological polar surface area (TPSA) is 87.0 Å². The van der Waals surface area contributed by atoms with E-state index in [9.17, 15) is 4.79 Å². The summed E-state index contributed by atoms with van der Waals surface area (Å²) in [4.78, 5) is 21.9. The predicted octanol–water partition coefficient (Wildman–Crippen LogP) is 1.84. The number of aromatic amines is 1. The van der Waals surface area contributed by atoms with E-state index in [0.29, 0.717) is 0 Å². The molecule has 0 bridgehead atoms. The van der Waals surface area contributed by atoms with Crippen LogP contribution in [0.1, 0.15) is 25.7 Å². The summed E-state index contributed by atoms with van der Waals surface area (Å²) in [5.41, 5.74) is 8.85. The van der Waals surface area contributed by atoms with Gasteiger partial charge in [0.05, 0.1) is 16.8 Å². The number of carbonyl (C=O) groups is 1. The number of anilines is 2. The summed E-state index contributed by atoms with van der Waals surface area (Å²) < 4.78 is 0. The van der Waals surface area contributed by atoms with Crippen molar-refractivity contribution >= 4 is 28.3 Å². The normalized spacial score (nSPS) is 22.0. The molecule has 1 aliphatic carbocycles. The molecule has 1 saturated carbocycles. The second kappa shape index (κ2) is 5.28. The van der Waals surface area contributed by atoms with Crippen LogP contribution in [0.2, 0.25) is 0 Å². The molecule has 2 aromatic heterocycles. The minimum atomic E-state index is 0.117. The van der Waals surface area contributed by atoms with E-state index in [1.165, 1.54) is 0 Å². The van der Waals surface area contributed by atoms with Crippen LogP contribution in [0.5, 0.6) is 0 Å². The van der Waals surface area contributed by atoms with Crippen molar-refractivity contribution in [1.29, 1.82) is 0 Å². The van der Waals surface area contributed by atoms with Gasteiger partial charge in [-0.15, -0.1) is 0 Å². The SMILES string of the molecule is N[C@@H]1CCCN(c2ccnc3[nH]cc(NC(=O)C4CC4)c23)C1. The summed E-state index contributed by atoms with van der Waals surface area (Å²) in [6, 6.07) is 2.22. The monoisotopic (exact) mass is 299 g/mol. The summed E-state index contributed by atoms with van der Waals surface area (Å²) in [6.45, 7) is 1.84. The number of piperidine rings is 1. The van der Waals surface area contributed by atoms with Gasteiger partial charge in [0.1, 0.15) is 5.65 Å². The number of nitrogens with one attached hydrogen (secondary N) is 2. The fourth-order valence-electron chi connectivity index (χ4n) is 3.21. The van der Waals surface area contributed by atoms with Gasteiger partial charge in [-0.05, 0) is 31.7 Å². The number of hydrogen-bond donors (Lipinski definition) is 3. The molecule has 6 nitrogen and oxygen atoms in total. The van der Waals surface area contributed by atoms with Crippen molar-refractivity contribution in [2.24, 2.45) is 11.7 Å². The summed E-state index contributed by atoms with van der Waals surface area (Å²) >= 11 is 0. The number of nitrogens with zero attached hydrogens (tertiary/aromatic N) is 2. The van der Waals surface area contributed by atoms with Gasteiger partial charge in [0, 0.05) is 37.4 Å². The van der Waals surface area contributed by atoms with Crippen molar-refractivity contribution in [1.82, 2.24) is 9.97 Å². The number of hydrogen-bond acceptors (Lipinski definition) is 4. The van der Waals surface area contributed by atoms with Crippen LogP contribution < -0.4 is 16.0 Å². The van der Waals surface area contributed by atoms with E-state index in [1.54, 1.807) is 6.20 Å². The van der Waals surface area contributed by atoms with Crippen molar-refractivity contribution in [2.45, 2.75) is 31.7 Å². The van der Waals surface area contributed by atoms with Crippen LogP contribution in [0.4, 0.5) is 11.4 Å². The highest BCUT2D eigenvalue weighted by Crippen LogP contribution is 2.35. The Morgan fingerprint density at radius 3 is 3.05 bits per heavy atom. The molecule has 1 aliphatic heterocycles. The smallest absolute Gasteiger partial charge is 0.227 e. The molecular weight excluding hydrogens is 278 g/mol. The Balaban J connectivity index is 1.70. The lowest BCUT2D eigenvalue weighted by Gasteiger charge is -2.33. The minimum absolute atomic E-state index is 0.117. The molecule has 2 fully saturated rings. The third-order valence-electron chi connectivity index (χ3n) is 4.56. The molecule has 4 N–H and O–H groups in total. The minimum Gasteiger partial charge on any atom is -0.369 e. The molecule has 116 valence electrons. The molecule has 0 spiro atoms. The van der Waals surface area contributed by atoms with E-state index in [0.717, 1.165) is 61.2 Å². The Hall–Kier alpha value is -2.08. The average Bonchev–Trinajstić information content (AvgIpc) is 3.30. The molecule has 6 heteroatoms. The average molecular weight is 299 g/mol. The molecule has 2 aliphatic rings. The number of pyridine rings is 1. The number of amides is 1. The third-order valence-corrected chi connectivity index (χ3v) is 4.56. The fraction of sp³-hybridized carbons (Fsp3) is 0.500. The van der Waals surface area contributed by atoms with Gasteiger partial charge < -0.3 is 20.9 Å². The van der Waals surface area contributed by atoms with Gasteiger partial charge in [0.15, 0.2) is 0 Å². The Morgan fingerprint density at radius 2 is 2.27 bits per heavy atom. The highest BCUT2D eigenvalue weighted by atomic mass is 16.2. The maximum absolute atomic E-state index is 12.1. The van der Waals surface area contributed by atoms with Gasteiger partial charge in [-0.1, -0.05) is 0 Å². The Morgan fingerprint density at radius 1 is 1.41 bits per heavy atom. The van der Waals surface area contributed by atoms with Crippen LogP contribution in [0.15, 0.2) is 18.5 Å². The standard InChI is InChI=1S/C16H21N5O/c17-11-2-1-7-21(9-11)13-5-6-18-15-14(13)12(8-19-15)20-16(22)10-3-4-10/h5-6,8,10-11H,1-4,7,9,17H2,(H,18,19)(H,20,22)/t11-/m1/s1. The quantitative estimate of drug-likeness (QED) is 0.807. The maximum atomic E-state index is 12.1. The summed E-state index contributed by atoms with van der Waals surface area (Å²) in [5.74, 6) is 0.305. The molecule has 2 aromatic rings. The van der Waals surface area contributed by atoms with Crippen LogP contribution >= 0.6 is 0 Å². The Labute approximate surface area is 129 Å². The third kappa shape index (κ3) is 2.43. The van der Waals surface area contributed by atoms with E-state index in [1.807, 2.05) is 12.3 Å². The van der Waals surface area contributed by atoms with Crippen LogP contribution in [0.25, 0.3) is 11.0 Å². The Kier molecular flexibility index (Phi) is 3.26. The molecule has 22 heavy (non-hydrogen) atoms. The molecule has 0 aromatic carbocycles. The fourth-order valence-corrected chi connectivity index (χ4v) is 3.21.